The van der Waals surface area contributed by atoms with Crippen LogP contribution in [0.25, 0.3) is 0 Å². The van der Waals surface area contributed by atoms with Crippen LogP contribution in [-0.4, -0.2) is 30.2 Å². The number of alkyl halides is 2. The molecule has 1 aromatic carbocycles. The quantitative estimate of drug-likeness (QED) is 0.755. The van der Waals surface area contributed by atoms with E-state index >= 15 is 0 Å². The van der Waals surface area contributed by atoms with E-state index in [1.54, 1.807) is 12.1 Å². The van der Waals surface area contributed by atoms with Crippen molar-refractivity contribution in [1.29, 1.82) is 0 Å². The number of hydrogen-bond acceptors (Lipinski definition) is 2. The summed E-state index contributed by atoms with van der Waals surface area (Å²) >= 11 is 0. The minimum atomic E-state index is -2.87. The van der Waals surface area contributed by atoms with E-state index in [1.165, 1.54) is 0 Å². The highest BCUT2D eigenvalue weighted by molar-refractivity contribution is 5.89. The second-order valence-corrected chi connectivity index (χ2v) is 3.60. The van der Waals surface area contributed by atoms with Gasteiger partial charge >= 0.3 is 6.03 Å². The lowest BCUT2D eigenvalue weighted by molar-refractivity contribution is -0.00155. The Kier molecular flexibility index (Phi) is 4.84. The van der Waals surface area contributed by atoms with Crippen LogP contribution in [0.1, 0.15) is 5.56 Å². The van der Waals surface area contributed by atoms with Crippen molar-refractivity contribution >= 4 is 11.7 Å². The van der Waals surface area contributed by atoms with Gasteiger partial charge in [0.1, 0.15) is 6.10 Å². The SMILES string of the molecule is Cc1ccc(NC(=O)NCC(O)C(F)F)cc1. The second kappa shape index (κ2) is 6.15. The number of halogens is 2. The molecule has 3 N–H and O–H groups in total. The van der Waals surface area contributed by atoms with Crippen molar-refractivity contribution in [3.8, 4) is 0 Å². The molecule has 0 aliphatic carbocycles. The number of aliphatic hydroxyl groups is 1. The molecule has 1 rings (SSSR count). The van der Waals surface area contributed by atoms with Crippen LogP contribution in [0, 0.1) is 6.92 Å². The molecule has 0 heterocycles. The average Bonchev–Trinajstić information content (AvgIpc) is 2.29. The standard InChI is InChI=1S/C11H14F2N2O2/c1-7-2-4-8(5-3-7)15-11(17)14-6-9(16)10(12)13/h2-5,9-10,16H,6H2,1H3,(H2,14,15,17). The number of aryl methyl sites for hydroxylation is 1. The molecular formula is C11H14F2N2O2. The molecule has 1 atom stereocenters. The number of benzene rings is 1. The van der Waals surface area contributed by atoms with Gasteiger partial charge in [-0.2, -0.15) is 0 Å². The van der Waals surface area contributed by atoms with Gasteiger partial charge in [0.25, 0.3) is 6.43 Å². The molecule has 0 bridgehead atoms. The molecule has 94 valence electrons. The van der Waals surface area contributed by atoms with Gasteiger partial charge in [-0.05, 0) is 19.1 Å². The summed E-state index contributed by atoms with van der Waals surface area (Å²) in [5.41, 5.74) is 1.60. The highest BCUT2D eigenvalue weighted by atomic mass is 19.3. The summed E-state index contributed by atoms with van der Waals surface area (Å²) < 4.78 is 23.9. The zero-order chi connectivity index (χ0) is 12.8. The number of carbonyl (C=O) groups is 1. The van der Waals surface area contributed by atoms with Crippen molar-refractivity contribution in [2.24, 2.45) is 0 Å². The Hall–Kier alpha value is -1.69. The minimum absolute atomic E-state index is 0.491. The van der Waals surface area contributed by atoms with Crippen LogP contribution >= 0.6 is 0 Å². The van der Waals surface area contributed by atoms with Crippen LogP contribution < -0.4 is 10.6 Å². The van der Waals surface area contributed by atoms with Gasteiger partial charge in [-0.3, -0.25) is 0 Å². The number of rotatable bonds is 4. The van der Waals surface area contributed by atoms with Gasteiger partial charge in [0.2, 0.25) is 0 Å². The summed E-state index contributed by atoms with van der Waals surface area (Å²) in [6, 6.07) is 6.37. The molecule has 2 amide bonds. The Morgan fingerprint density at radius 3 is 2.47 bits per heavy atom. The lowest BCUT2D eigenvalue weighted by Gasteiger charge is -2.11. The van der Waals surface area contributed by atoms with E-state index in [0.29, 0.717) is 5.69 Å². The molecule has 1 unspecified atom stereocenters. The van der Waals surface area contributed by atoms with Crippen LogP contribution in [0.15, 0.2) is 24.3 Å². The average molecular weight is 244 g/mol. The fourth-order valence-electron chi connectivity index (χ4n) is 1.10. The van der Waals surface area contributed by atoms with Crippen molar-refractivity contribution in [3.05, 3.63) is 29.8 Å². The third-order valence-corrected chi connectivity index (χ3v) is 2.07. The summed E-state index contributed by atoms with van der Waals surface area (Å²) in [5, 5.41) is 13.4. The monoisotopic (exact) mass is 244 g/mol. The van der Waals surface area contributed by atoms with Gasteiger partial charge in [0.05, 0.1) is 6.54 Å². The molecule has 17 heavy (non-hydrogen) atoms. The van der Waals surface area contributed by atoms with Crippen LogP contribution in [-0.2, 0) is 0 Å². The maximum absolute atomic E-state index is 11.9. The van der Waals surface area contributed by atoms with E-state index in [1.807, 2.05) is 19.1 Å². The lowest BCUT2D eigenvalue weighted by Crippen LogP contribution is -2.38. The third-order valence-electron chi connectivity index (χ3n) is 2.07. The molecule has 0 spiro atoms. The Morgan fingerprint density at radius 2 is 1.94 bits per heavy atom. The maximum Gasteiger partial charge on any atom is 0.319 e. The van der Waals surface area contributed by atoms with Crippen molar-refractivity contribution in [1.82, 2.24) is 5.32 Å². The molecule has 0 fully saturated rings. The molecule has 0 aliphatic heterocycles. The van der Waals surface area contributed by atoms with E-state index in [-0.39, 0.29) is 0 Å². The highest BCUT2D eigenvalue weighted by Gasteiger charge is 2.17. The molecule has 4 nitrogen and oxygen atoms in total. The van der Waals surface area contributed by atoms with Crippen LogP contribution in [0.3, 0.4) is 0 Å². The summed E-state index contributed by atoms with van der Waals surface area (Å²) in [6.45, 7) is 1.41. The predicted molar refractivity (Wildman–Crippen MR) is 60.2 cm³/mol. The number of hydrogen-bond donors (Lipinski definition) is 3. The zero-order valence-corrected chi connectivity index (χ0v) is 9.28. The Balaban J connectivity index is 2.37. The minimum Gasteiger partial charge on any atom is -0.385 e. The summed E-state index contributed by atoms with van der Waals surface area (Å²) in [7, 11) is 0. The smallest absolute Gasteiger partial charge is 0.319 e. The topological polar surface area (TPSA) is 61.4 Å². The fourth-order valence-corrected chi connectivity index (χ4v) is 1.10. The first kappa shape index (κ1) is 13.4. The second-order valence-electron chi connectivity index (χ2n) is 3.60. The first-order valence-electron chi connectivity index (χ1n) is 5.07. The number of anilines is 1. The molecule has 1 aromatic rings. The van der Waals surface area contributed by atoms with E-state index in [4.69, 9.17) is 5.11 Å². The molecule has 0 aliphatic rings. The van der Waals surface area contributed by atoms with Gasteiger partial charge in [0.15, 0.2) is 0 Å². The Morgan fingerprint density at radius 1 is 1.35 bits per heavy atom. The van der Waals surface area contributed by atoms with E-state index in [9.17, 15) is 13.6 Å². The largest absolute Gasteiger partial charge is 0.385 e. The van der Waals surface area contributed by atoms with Crippen molar-refractivity contribution in [2.75, 3.05) is 11.9 Å². The number of carbonyl (C=O) groups excluding carboxylic acids is 1. The fraction of sp³-hybridized carbons (Fsp3) is 0.364. The molecule has 6 heteroatoms. The zero-order valence-electron chi connectivity index (χ0n) is 9.28. The Labute approximate surface area is 97.6 Å². The van der Waals surface area contributed by atoms with Gasteiger partial charge in [0, 0.05) is 5.69 Å². The summed E-state index contributed by atoms with van der Waals surface area (Å²) in [4.78, 5) is 11.2. The summed E-state index contributed by atoms with van der Waals surface area (Å²) in [6.07, 6.45) is -4.71. The van der Waals surface area contributed by atoms with Crippen molar-refractivity contribution < 1.29 is 18.7 Å². The molecule has 0 radical (unpaired) electrons. The van der Waals surface area contributed by atoms with E-state index in [0.717, 1.165) is 5.56 Å². The molecule has 0 saturated carbocycles. The molecule has 0 saturated heterocycles. The number of nitrogens with one attached hydrogen (secondary N) is 2. The normalized spacial score (nSPS) is 12.3. The molecule has 0 aromatic heterocycles. The number of amides is 2. The first-order chi connectivity index (χ1) is 7.99. The highest BCUT2D eigenvalue weighted by Crippen LogP contribution is 2.08. The van der Waals surface area contributed by atoms with Crippen molar-refractivity contribution in [3.63, 3.8) is 0 Å². The van der Waals surface area contributed by atoms with E-state index in [2.05, 4.69) is 10.6 Å². The lowest BCUT2D eigenvalue weighted by atomic mass is 10.2. The van der Waals surface area contributed by atoms with Gasteiger partial charge in [-0.1, -0.05) is 17.7 Å². The van der Waals surface area contributed by atoms with Crippen LogP contribution in [0.4, 0.5) is 19.3 Å². The van der Waals surface area contributed by atoms with Crippen molar-refractivity contribution in [2.45, 2.75) is 19.5 Å². The first-order valence-corrected chi connectivity index (χ1v) is 5.07. The van der Waals surface area contributed by atoms with E-state index < -0.39 is 25.1 Å². The number of urea groups is 1. The van der Waals surface area contributed by atoms with Crippen LogP contribution in [0.2, 0.25) is 0 Å². The van der Waals surface area contributed by atoms with Crippen LogP contribution in [0.5, 0.6) is 0 Å². The summed E-state index contributed by atoms with van der Waals surface area (Å²) in [5.74, 6) is 0. The van der Waals surface area contributed by atoms with Gasteiger partial charge in [-0.25, -0.2) is 13.6 Å². The molecular weight excluding hydrogens is 230 g/mol. The maximum atomic E-state index is 11.9. The Bertz CT molecular complexity index is 368. The predicted octanol–water partition coefficient (Wildman–Crippen LogP) is 1.74. The van der Waals surface area contributed by atoms with Gasteiger partial charge in [-0.15, -0.1) is 0 Å². The van der Waals surface area contributed by atoms with Gasteiger partial charge < -0.3 is 15.7 Å². The number of aliphatic hydroxyl groups excluding tert-OH is 1. The third kappa shape index (κ3) is 4.78.